The van der Waals surface area contributed by atoms with E-state index in [9.17, 15) is 9.59 Å². The molecule has 4 heterocycles. The number of nitrogens with zero attached hydrogens (tertiary/aromatic N) is 5. The quantitative estimate of drug-likeness (QED) is 0.642. The maximum Gasteiger partial charge on any atom is 0.290 e. The number of fused-ring (bicyclic) bond motifs is 1. The van der Waals surface area contributed by atoms with Gasteiger partial charge in [-0.3, -0.25) is 9.59 Å². The zero-order valence-electron chi connectivity index (χ0n) is 19.6. The first-order valence-corrected chi connectivity index (χ1v) is 11.4. The van der Waals surface area contributed by atoms with Crippen LogP contribution >= 0.6 is 0 Å². The van der Waals surface area contributed by atoms with Gasteiger partial charge in [-0.05, 0) is 44.7 Å². The summed E-state index contributed by atoms with van der Waals surface area (Å²) in [5, 5.41) is 8.57. The van der Waals surface area contributed by atoms with Gasteiger partial charge in [0.15, 0.2) is 0 Å². The number of ether oxygens (including phenoxy) is 1. The Labute approximate surface area is 192 Å². The fourth-order valence-electron chi connectivity index (χ4n) is 4.98. The van der Waals surface area contributed by atoms with Gasteiger partial charge in [-0.2, -0.15) is 5.10 Å². The Morgan fingerprint density at radius 2 is 2.09 bits per heavy atom. The molecule has 3 aromatic rings. The molecule has 1 atom stereocenters. The lowest BCUT2D eigenvalue weighted by atomic mass is 9.78. The SMILES string of the molecule is CO[C@H]1CCN(c2cc(-c3cn(C)c4cnc(NC(C)=O)cc34)nn(C3(C)CCC3)c2=O)C1. The number of carbonyl (C=O) groups excluding carboxylic acids is 1. The van der Waals surface area contributed by atoms with Gasteiger partial charge in [-0.1, -0.05) is 0 Å². The standard InChI is InChI=1S/C24H30N6O3/c1-15(31)26-22-10-17-18(14-28(3)21(17)12-25-22)19-11-20(29-9-6-16(13-29)33-4)23(32)30(27-19)24(2)7-5-8-24/h10-12,14,16H,5-9,13H2,1-4H3,(H,25,26,31)/t16-/m0/s1. The maximum absolute atomic E-state index is 13.6. The van der Waals surface area contributed by atoms with Crippen LogP contribution in [-0.2, 0) is 22.1 Å². The largest absolute Gasteiger partial charge is 0.380 e. The topological polar surface area (TPSA) is 94.3 Å². The van der Waals surface area contributed by atoms with E-state index in [2.05, 4.69) is 22.1 Å². The molecule has 174 valence electrons. The minimum Gasteiger partial charge on any atom is -0.380 e. The van der Waals surface area contributed by atoms with E-state index >= 15 is 0 Å². The van der Waals surface area contributed by atoms with Crippen molar-refractivity contribution in [3.05, 3.63) is 34.9 Å². The molecule has 0 aromatic carbocycles. The third kappa shape index (κ3) is 3.70. The number of amides is 1. The van der Waals surface area contributed by atoms with Gasteiger partial charge in [0.25, 0.3) is 5.56 Å². The van der Waals surface area contributed by atoms with Crippen LogP contribution in [0.3, 0.4) is 0 Å². The van der Waals surface area contributed by atoms with Crippen LogP contribution in [0.25, 0.3) is 22.2 Å². The fourth-order valence-corrected chi connectivity index (χ4v) is 4.98. The molecule has 0 spiro atoms. The predicted molar refractivity (Wildman–Crippen MR) is 128 cm³/mol. The molecule has 9 heteroatoms. The summed E-state index contributed by atoms with van der Waals surface area (Å²) < 4.78 is 9.24. The first kappa shape index (κ1) is 21.6. The highest BCUT2D eigenvalue weighted by Gasteiger charge is 2.37. The number of carbonyl (C=O) groups is 1. The average molecular weight is 451 g/mol. The molecule has 1 saturated carbocycles. The lowest BCUT2D eigenvalue weighted by molar-refractivity contribution is -0.114. The van der Waals surface area contributed by atoms with E-state index in [0.29, 0.717) is 18.1 Å². The van der Waals surface area contributed by atoms with Gasteiger partial charge in [0.1, 0.15) is 11.5 Å². The Hall–Kier alpha value is -3.20. The number of pyridine rings is 1. The van der Waals surface area contributed by atoms with E-state index in [0.717, 1.165) is 54.4 Å². The van der Waals surface area contributed by atoms with Crippen molar-refractivity contribution >= 4 is 28.3 Å². The van der Waals surface area contributed by atoms with Crippen molar-refractivity contribution in [3.8, 4) is 11.3 Å². The van der Waals surface area contributed by atoms with Crippen molar-refractivity contribution in [3.63, 3.8) is 0 Å². The number of aromatic nitrogens is 4. The van der Waals surface area contributed by atoms with Crippen LogP contribution in [0.4, 0.5) is 11.5 Å². The molecule has 0 radical (unpaired) electrons. The van der Waals surface area contributed by atoms with E-state index in [1.807, 2.05) is 29.9 Å². The molecular weight excluding hydrogens is 420 g/mol. The van der Waals surface area contributed by atoms with Crippen molar-refractivity contribution in [2.24, 2.45) is 7.05 Å². The van der Waals surface area contributed by atoms with Crippen LogP contribution in [0.15, 0.2) is 29.3 Å². The van der Waals surface area contributed by atoms with Crippen LogP contribution in [-0.4, -0.2) is 51.5 Å². The third-order valence-corrected chi connectivity index (χ3v) is 7.11. The highest BCUT2D eigenvalue weighted by molar-refractivity contribution is 5.98. The average Bonchev–Trinajstić information content (AvgIpc) is 3.36. The van der Waals surface area contributed by atoms with Crippen LogP contribution in [0.5, 0.6) is 0 Å². The smallest absolute Gasteiger partial charge is 0.290 e. The van der Waals surface area contributed by atoms with Crippen molar-refractivity contribution in [2.45, 2.75) is 51.2 Å². The van der Waals surface area contributed by atoms with E-state index < -0.39 is 0 Å². The summed E-state index contributed by atoms with van der Waals surface area (Å²) in [6, 6.07) is 3.77. The fraction of sp³-hybridized carbons (Fsp3) is 0.500. The second-order valence-electron chi connectivity index (χ2n) is 9.50. The molecule has 2 aliphatic rings. The number of hydrogen-bond donors (Lipinski definition) is 1. The van der Waals surface area contributed by atoms with Crippen molar-refractivity contribution in [2.75, 3.05) is 30.4 Å². The second-order valence-corrected chi connectivity index (χ2v) is 9.50. The molecule has 1 saturated heterocycles. The zero-order chi connectivity index (χ0) is 23.3. The lowest BCUT2D eigenvalue weighted by Gasteiger charge is -2.39. The Bertz CT molecular complexity index is 1290. The summed E-state index contributed by atoms with van der Waals surface area (Å²) in [6.07, 6.45) is 7.75. The van der Waals surface area contributed by atoms with Crippen LogP contribution in [0, 0.1) is 0 Å². The Balaban J connectivity index is 1.69. The Morgan fingerprint density at radius 1 is 1.30 bits per heavy atom. The van der Waals surface area contributed by atoms with E-state index in [4.69, 9.17) is 9.84 Å². The summed E-state index contributed by atoms with van der Waals surface area (Å²) in [5.41, 5.74) is 2.93. The molecule has 33 heavy (non-hydrogen) atoms. The second kappa shape index (κ2) is 7.98. The monoisotopic (exact) mass is 450 g/mol. The van der Waals surface area contributed by atoms with Crippen LogP contribution in [0.1, 0.15) is 39.5 Å². The molecule has 2 fully saturated rings. The minimum atomic E-state index is -0.268. The molecule has 5 rings (SSSR count). The van der Waals surface area contributed by atoms with E-state index in [-0.39, 0.29) is 23.1 Å². The molecule has 1 aliphatic heterocycles. The molecule has 1 aliphatic carbocycles. The normalized spacial score (nSPS) is 19.6. The first-order valence-electron chi connectivity index (χ1n) is 11.4. The van der Waals surface area contributed by atoms with Gasteiger partial charge < -0.3 is 19.5 Å². The zero-order valence-corrected chi connectivity index (χ0v) is 19.6. The molecule has 0 bridgehead atoms. The number of hydrogen-bond acceptors (Lipinski definition) is 6. The Morgan fingerprint density at radius 3 is 2.73 bits per heavy atom. The first-order chi connectivity index (χ1) is 15.8. The van der Waals surface area contributed by atoms with Gasteiger partial charge in [0, 0.05) is 51.3 Å². The summed E-state index contributed by atoms with van der Waals surface area (Å²) >= 11 is 0. The van der Waals surface area contributed by atoms with Gasteiger partial charge in [0.05, 0.1) is 29.1 Å². The summed E-state index contributed by atoms with van der Waals surface area (Å²) in [6.45, 7) is 5.05. The van der Waals surface area contributed by atoms with Crippen LogP contribution < -0.4 is 15.8 Å². The van der Waals surface area contributed by atoms with E-state index in [1.165, 1.54) is 6.92 Å². The molecule has 9 nitrogen and oxygen atoms in total. The maximum atomic E-state index is 13.6. The van der Waals surface area contributed by atoms with Gasteiger partial charge in [-0.15, -0.1) is 0 Å². The number of nitrogens with one attached hydrogen (secondary N) is 1. The summed E-state index contributed by atoms with van der Waals surface area (Å²) in [7, 11) is 3.68. The van der Waals surface area contributed by atoms with Crippen molar-refractivity contribution < 1.29 is 9.53 Å². The number of aryl methyl sites for hydroxylation is 1. The number of methoxy groups -OCH3 is 1. The highest BCUT2D eigenvalue weighted by Crippen LogP contribution is 2.39. The third-order valence-electron chi connectivity index (χ3n) is 7.11. The van der Waals surface area contributed by atoms with E-state index in [1.54, 1.807) is 18.0 Å². The van der Waals surface area contributed by atoms with Crippen molar-refractivity contribution in [1.82, 2.24) is 19.3 Å². The highest BCUT2D eigenvalue weighted by atomic mass is 16.5. The van der Waals surface area contributed by atoms with Crippen LogP contribution in [0.2, 0.25) is 0 Å². The van der Waals surface area contributed by atoms with Crippen molar-refractivity contribution in [1.29, 1.82) is 0 Å². The lowest BCUT2D eigenvalue weighted by Crippen LogP contribution is -2.47. The summed E-state index contributed by atoms with van der Waals surface area (Å²) in [5.74, 6) is 0.317. The number of anilines is 2. The number of rotatable bonds is 5. The molecule has 0 unspecified atom stereocenters. The van der Waals surface area contributed by atoms with Gasteiger partial charge in [0.2, 0.25) is 5.91 Å². The molecule has 1 amide bonds. The predicted octanol–water partition coefficient (Wildman–Crippen LogP) is 2.88. The Kier molecular flexibility index (Phi) is 5.23. The molecular formula is C24H30N6O3. The van der Waals surface area contributed by atoms with Gasteiger partial charge >= 0.3 is 0 Å². The summed E-state index contributed by atoms with van der Waals surface area (Å²) in [4.78, 5) is 31.6. The minimum absolute atomic E-state index is 0.0430. The molecule has 1 N–H and O–H groups in total. The molecule has 3 aromatic heterocycles. The van der Waals surface area contributed by atoms with Gasteiger partial charge in [-0.25, -0.2) is 9.67 Å².